The number of carbonyl (C=O) groups excluding carboxylic acids is 1. The van der Waals surface area contributed by atoms with Gasteiger partial charge in [0.25, 0.3) is 0 Å². The first kappa shape index (κ1) is 7.47. The Kier molecular flexibility index (Phi) is 4.32. The molecule has 0 unspecified atom stereocenters. The molecule has 0 aliphatic rings. The second kappa shape index (κ2) is 4.62. The second-order valence-corrected chi connectivity index (χ2v) is 2.00. The molecule has 0 aromatic rings. The molecule has 2 heteroatoms. The minimum absolute atomic E-state index is 0.580. The van der Waals surface area contributed by atoms with Crippen LogP contribution in [0.5, 0.6) is 0 Å². The van der Waals surface area contributed by atoms with Gasteiger partial charge in [-0.1, -0.05) is 20.3 Å². The van der Waals surface area contributed by atoms with Crippen molar-refractivity contribution in [3.63, 3.8) is 0 Å². The maximum atomic E-state index is 9.59. The van der Waals surface area contributed by atoms with Gasteiger partial charge in [-0.05, 0) is 5.92 Å². The van der Waals surface area contributed by atoms with Crippen LogP contribution in [0.4, 0.5) is 0 Å². The molecule has 8 heavy (non-hydrogen) atoms. The number of hydrogen-bond acceptors (Lipinski definition) is 1. The molecule has 0 rings (SSSR count). The molecule has 47 valence electrons. The van der Waals surface area contributed by atoms with Crippen molar-refractivity contribution in [1.82, 2.24) is 5.32 Å². The van der Waals surface area contributed by atoms with Crippen LogP contribution in [0.1, 0.15) is 20.3 Å². The summed E-state index contributed by atoms with van der Waals surface area (Å²) in [6, 6.07) is 0. The summed E-state index contributed by atoms with van der Waals surface area (Å²) in [4.78, 5) is 9.59. The van der Waals surface area contributed by atoms with Gasteiger partial charge in [-0.3, -0.25) is 4.79 Å². The van der Waals surface area contributed by atoms with Crippen LogP contribution in [-0.4, -0.2) is 13.0 Å². The van der Waals surface area contributed by atoms with E-state index >= 15 is 0 Å². The lowest BCUT2D eigenvalue weighted by Gasteiger charge is -2.03. The molecule has 0 aromatic heterocycles. The topological polar surface area (TPSA) is 29.1 Å². The minimum Gasteiger partial charge on any atom is -0.348 e. The predicted molar refractivity (Wildman–Crippen MR) is 33.2 cm³/mol. The molecular weight excluding hydrogens is 102 g/mol. The van der Waals surface area contributed by atoms with E-state index in [1.165, 1.54) is 0 Å². The van der Waals surface area contributed by atoms with Gasteiger partial charge in [0.2, 0.25) is 0 Å². The fourth-order valence-electron chi connectivity index (χ4n) is 0.360. The van der Waals surface area contributed by atoms with Crippen LogP contribution in [0.25, 0.3) is 0 Å². The van der Waals surface area contributed by atoms with Crippen molar-refractivity contribution >= 4 is 6.41 Å². The van der Waals surface area contributed by atoms with Crippen LogP contribution in [-0.2, 0) is 4.79 Å². The van der Waals surface area contributed by atoms with Gasteiger partial charge in [0.05, 0.1) is 0 Å². The van der Waals surface area contributed by atoms with Crippen molar-refractivity contribution in [2.24, 2.45) is 5.92 Å². The molecule has 0 aliphatic heterocycles. The minimum atomic E-state index is 0.580. The summed E-state index contributed by atoms with van der Waals surface area (Å²) in [5, 5.41) is 2.49. The van der Waals surface area contributed by atoms with E-state index < -0.39 is 0 Å². The van der Waals surface area contributed by atoms with Gasteiger partial charge in [0.1, 0.15) is 0 Å². The van der Waals surface area contributed by atoms with Gasteiger partial charge in [0, 0.05) is 6.54 Å². The van der Waals surface area contributed by atoms with Crippen molar-refractivity contribution in [2.45, 2.75) is 20.3 Å². The monoisotopic (exact) mass is 114 g/mol. The molecule has 0 bridgehead atoms. The molecule has 0 aliphatic carbocycles. The largest absolute Gasteiger partial charge is 0.348 e. The Hall–Kier alpha value is -0.530. The molecule has 0 aromatic carbocycles. The maximum Gasteiger partial charge on any atom is 0.309 e. The zero-order valence-corrected chi connectivity index (χ0v) is 5.40. The zero-order chi connectivity index (χ0) is 6.41. The first-order valence-electron chi connectivity index (χ1n) is 2.91. The van der Waals surface area contributed by atoms with Crippen LogP contribution >= 0.6 is 0 Å². The van der Waals surface area contributed by atoms with E-state index in [0.29, 0.717) is 5.92 Å². The molecule has 1 N–H and O–H groups in total. The Morgan fingerprint density at radius 3 is 2.75 bits per heavy atom. The Morgan fingerprint density at radius 2 is 2.38 bits per heavy atom. The summed E-state index contributed by atoms with van der Waals surface area (Å²) >= 11 is 0. The van der Waals surface area contributed by atoms with E-state index in [0.717, 1.165) is 13.0 Å². The van der Waals surface area contributed by atoms with Crippen LogP contribution in [0, 0.1) is 5.92 Å². The first-order valence-corrected chi connectivity index (χ1v) is 2.91. The van der Waals surface area contributed by atoms with Gasteiger partial charge in [-0.15, -0.1) is 0 Å². The summed E-state index contributed by atoms with van der Waals surface area (Å²) in [5.74, 6) is 0.580. The number of hydrogen-bond donors (Lipinski definition) is 1. The normalized spacial score (nSPS) is 12.8. The standard InChI is InChI=1S/C6H12NO/c1-3-6(2)4-7-5-8/h6H,3-4H2,1-2H3,(H,7,8)/t6-/m0/s1. The van der Waals surface area contributed by atoms with Crippen molar-refractivity contribution in [2.75, 3.05) is 6.54 Å². The van der Waals surface area contributed by atoms with E-state index in [4.69, 9.17) is 0 Å². The molecule has 0 spiro atoms. The molecule has 1 atom stereocenters. The number of nitrogens with one attached hydrogen (secondary N) is 1. The third-order valence-electron chi connectivity index (χ3n) is 1.22. The van der Waals surface area contributed by atoms with Crippen LogP contribution in [0.15, 0.2) is 0 Å². The Bertz CT molecular complexity index is 63.5. The Labute approximate surface area is 50.3 Å². The average Bonchev–Trinajstić information content (AvgIpc) is 1.83. The number of rotatable bonds is 4. The van der Waals surface area contributed by atoms with Crippen molar-refractivity contribution in [1.29, 1.82) is 0 Å². The van der Waals surface area contributed by atoms with Crippen LogP contribution in [0.3, 0.4) is 0 Å². The van der Waals surface area contributed by atoms with Crippen molar-refractivity contribution in [3.8, 4) is 0 Å². The van der Waals surface area contributed by atoms with Gasteiger partial charge in [0.15, 0.2) is 0 Å². The molecule has 0 saturated carbocycles. The molecular formula is C6H12NO. The van der Waals surface area contributed by atoms with Crippen LogP contribution in [0.2, 0.25) is 0 Å². The fourth-order valence-corrected chi connectivity index (χ4v) is 0.360. The Morgan fingerprint density at radius 1 is 1.75 bits per heavy atom. The Balaban J connectivity index is 2.97. The fraction of sp³-hybridized carbons (Fsp3) is 0.833. The van der Waals surface area contributed by atoms with Gasteiger partial charge in [-0.25, -0.2) is 0 Å². The lowest BCUT2D eigenvalue weighted by molar-refractivity contribution is 0.508. The first-order chi connectivity index (χ1) is 3.81. The molecule has 0 heterocycles. The molecule has 2 nitrogen and oxygen atoms in total. The third-order valence-corrected chi connectivity index (χ3v) is 1.22. The molecule has 1 radical (unpaired) electrons. The SMILES string of the molecule is CC[C@H](C)CN[C]=O. The molecule has 0 fully saturated rings. The van der Waals surface area contributed by atoms with E-state index in [2.05, 4.69) is 19.2 Å². The highest BCUT2D eigenvalue weighted by Crippen LogP contribution is 1.95. The quantitative estimate of drug-likeness (QED) is 0.535. The van der Waals surface area contributed by atoms with Gasteiger partial charge >= 0.3 is 6.41 Å². The summed E-state index contributed by atoms with van der Waals surface area (Å²) in [5.41, 5.74) is 0. The van der Waals surface area contributed by atoms with Gasteiger partial charge < -0.3 is 5.32 Å². The van der Waals surface area contributed by atoms with E-state index in [9.17, 15) is 4.79 Å². The lowest BCUT2D eigenvalue weighted by atomic mass is 10.1. The molecule has 1 amide bonds. The second-order valence-electron chi connectivity index (χ2n) is 2.00. The van der Waals surface area contributed by atoms with E-state index in [1.807, 2.05) is 0 Å². The van der Waals surface area contributed by atoms with Crippen molar-refractivity contribution < 1.29 is 4.79 Å². The highest BCUT2D eigenvalue weighted by Gasteiger charge is 1.94. The third kappa shape index (κ3) is 3.65. The molecule has 0 saturated heterocycles. The smallest absolute Gasteiger partial charge is 0.309 e. The average molecular weight is 114 g/mol. The highest BCUT2D eigenvalue weighted by atomic mass is 16.1. The van der Waals surface area contributed by atoms with E-state index in [1.54, 1.807) is 6.41 Å². The van der Waals surface area contributed by atoms with Crippen LogP contribution < -0.4 is 5.32 Å². The van der Waals surface area contributed by atoms with Gasteiger partial charge in [-0.2, -0.15) is 0 Å². The van der Waals surface area contributed by atoms with E-state index in [-0.39, 0.29) is 0 Å². The summed E-state index contributed by atoms with van der Waals surface area (Å²) in [6.45, 7) is 4.93. The summed E-state index contributed by atoms with van der Waals surface area (Å²) in [6.07, 6.45) is 2.74. The van der Waals surface area contributed by atoms with Crippen molar-refractivity contribution in [3.05, 3.63) is 0 Å². The summed E-state index contributed by atoms with van der Waals surface area (Å²) < 4.78 is 0. The lowest BCUT2D eigenvalue weighted by Crippen LogP contribution is -2.18. The highest BCUT2D eigenvalue weighted by molar-refractivity contribution is 5.46. The maximum absolute atomic E-state index is 9.59. The number of amides is 1. The zero-order valence-electron chi connectivity index (χ0n) is 5.40. The predicted octanol–water partition coefficient (Wildman–Crippen LogP) is 0.689. The summed E-state index contributed by atoms with van der Waals surface area (Å²) in [7, 11) is 0.